The van der Waals surface area contributed by atoms with Crippen molar-refractivity contribution in [1.82, 2.24) is 5.32 Å². The summed E-state index contributed by atoms with van der Waals surface area (Å²) in [5.74, 6) is 0.958. The minimum atomic E-state index is 0.101. The first-order chi connectivity index (χ1) is 9.81. The summed E-state index contributed by atoms with van der Waals surface area (Å²) in [6.45, 7) is 2.56. The Balaban J connectivity index is 2.04. The summed E-state index contributed by atoms with van der Waals surface area (Å²) in [5.41, 5.74) is 4.10. The molecule has 1 atom stereocenters. The molecule has 1 heterocycles. The van der Waals surface area contributed by atoms with E-state index in [2.05, 4.69) is 27.3 Å². The lowest BCUT2D eigenvalue weighted by Crippen LogP contribution is -2.33. The van der Waals surface area contributed by atoms with Crippen molar-refractivity contribution < 1.29 is 9.47 Å². The molecule has 1 unspecified atom stereocenters. The van der Waals surface area contributed by atoms with E-state index in [0.717, 1.165) is 36.3 Å². The van der Waals surface area contributed by atoms with Gasteiger partial charge in [-0.3, -0.25) is 0 Å². The average Bonchev–Trinajstić information content (AvgIpc) is 2.73. The maximum atomic E-state index is 5.92. The van der Waals surface area contributed by atoms with Gasteiger partial charge in [-0.05, 0) is 58.8 Å². The summed E-state index contributed by atoms with van der Waals surface area (Å²) in [6, 6.07) is 2.32. The third-order valence-corrected chi connectivity index (χ3v) is 5.13. The van der Waals surface area contributed by atoms with Crippen LogP contribution in [0.2, 0.25) is 0 Å². The normalized spacial score (nSPS) is 23.0. The first-order valence-corrected chi connectivity index (χ1v) is 8.31. The number of morpholine rings is 1. The van der Waals surface area contributed by atoms with Crippen molar-refractivity contribution in [3.8, 4) is 5.75 Å². The lowest BCUT2D eigenvalue weighted by Gasteiger charge is -2.27. The predicted octanol–water partition coefficient (Wildman–Crippen LogP) is 3.39. The van der Waals surface area contributed by atoms with Crippen molar-refractivity contribution in [2.24, 2.45) is 0 Å². The predicted molar refractivity (Wildman–Crippen MR) is 83.5 cm³/mol. The number of aryl methyl sites for hydroxylation is 1. The van der Waals surface area contributed by atoms with Crippen molar-refractivity contribution in [3.05, 3.63) is 27.2 Å². The number of methoxy groups -OCH3 is 1. The largest absolute Gasteiger partial charge is 0.495 e. The molecular weight excluding hydrogens is 318 g/mol. The summed E-state index contributed by atoms with van der Waals surface area (Å²) in [4.78, 5) is 0. The van der Waals surface area contributed by atoms with Gasteiger partial charge in [-0.1, -0.05) is 6.42 Å². The Kier molecular flexibility index (Phi) is 4.64. The Hall–Kier alpha value is -0.580. The molecule has 3 nitrogen and oxygen atoms in total. The third kappa shape index (κ3) is 2.74. The van der Waals surface area contributed by atoms with Crippen LogP contribution < -0.4 is 10.1 Å². The van der Waals surface area contributed by atoms with Crippen LogP contribution in [0.25, 0.3) is 0 Å². The maximum absolute atomic E-state index is 5.92. The SMILES string of the molecule is COc1c(C2CNCCO2)cc2c(c1Br)CCCCC2. The second-order valence-corrected chi connectivity index (χ2v) is 6.37. The summed E-state index contributed by atoms with van der Waals surface area (Å²) in [6.07, 6.45) is 6.30. The van der Waals surface area contributed by atoms with Gasteiger partial charge in [0.25, 0.3) is 0 Å². The molecule has 1 aromatic rings. The van der Waals surface area contributed by atoms with Crippen LogP contribution in [0.1, 0.15) is 42.1 Å². The van der Waals surface area contributed by atoms with Crippen molar-refractivity contribution in [3.63, 3.8) is 0 Å². The highest BCUT2D eigenvalue weighted by atomic mass is 79.9. The van der Waals surface area contributed by atoms with Crippen molar-refractivity contribution in [2.45, 2.75) is 38.2 Å². The van der Waals surface area contributed by atoms with Crippen molar-refractivity contribution in [1.29, 1.82) is 0 Å². The average molecular weight is 340 g/mol. The zero-order valence-corrected chi connectivity index (χ0v) is 13.6. The van der Waals surface area contributed by atoms with Crippen LogP contribution in [-0.2, 0) is 17.6 Å². The molecule has 0 radical (unpaired) electrons. The molecular formula is C16H22BrNO2. The summed E-state index contributed by atoms with van der Waals surface area (Å²) >= 11 is 3.78. The van der Waals surface area contributed by atoms with Crippen LogP contribution in [0.15, 0.2) is 10.5 Å². The molecule has 0 bridgehead atoms. The highest BCUT2D eigenvalue weighted by Crippen LogP contribution is 2.41. The van der Waals surface area contributed by atoms with E-state index in [-0.39, 0.29) is 6.10 Å². The number of fused-ring (bicyclic) bond motifs is 1. The van der Waals surface area contributed by atoms with Crippen LogP contribution in [0, 0.1) is 0 Å². The van der Waals surface area contributed by atoms with Crippen LogP contribution in [-0.4, -0.2) is 26.8 Å². The molecule has 1 N–H and O–H groups in total. The minimum Gasteiger partial charge on any atom is -0.495 e. The molecule has 3 rings (SSSR count). The van der Waals surface area contributed by atoms with Gasteiger partial charge in [0, 0.05) is 18.7 Å². The Bertz CT molecular complexity index is 484. The number of rotatable bonds is 2. The summed E-state index contributed by atoms with van der Waals surface area (Å²) in [5, 5.41) is 3.40. The highest BCUT2D eigenvalue weighted by Gasteiger charge is 2.25. The monoisotopic (exact) mass is 339 g/mol. The second-order valence-electron chi connectivity index (χ2n) is 5.57. The van der Waals surface area contributed by atoms with E-state index in [1.807, 2.05) is 0 Å². The number of benzene rings is 1. The van der Waals surface area contributed by atoms with Gasteiger partial charge in [-0.25, -0.2) is 0 Å². The van der Waals surface area contributed by atoms with E-state index < -0.39 is 0 Å². The van der Waals surface area contributed by atoms with Gasteiger partial charge < -0.3 is 14.8 Å². The van der Waals surface area contributed by atoms with E-state index in [0.29, 0.717) is 0 Å². The lowest BCUT2D eigenvalue weighted by molar-refractivity contribution is 0.0261. The van der Waals surface area contributed by atoms with Crippen molar-refractivity contribution >= 4 is 15.9 Å². The zero-order valence-electron chi connectivity index (χ0n) is 12.0. The fourth-order valence-corrected chi connectivity index (χ4v) is 4.09. The second kappa shape index (κ2) is 6.46. The van der Waals surface area contributed by atoms with Crippen molar-refractivity contribution in [2.75, 3.05) is 26.8 Å². The van der Waals surface area contributed by atoms with Crippen LogP contribution in [0.5, 0.6) is 5.75 Å². The highest BCUT2D eigenvalue weighted by molar-refractivity contribution is 9.10. The number of halogens is 1. The Morgan fingerprint density at radius 3 is 2.90 bits per heavy atom. The molecule has 4 heteroatoms. The molecule has 0 amide bonds. The molecule has 0 aromatic heterocycles. The maximum Gasteiger partial charge on any atom is 0.139 e. The van der Waals surface area contributed by atoms with Gasteiger partial charge in [0.2, 0.25) is 0 Å². The topological polar surface area (TPSA) is 30.5 Å². The van der Waals surface area contributed by atoms with Gasteiger partial charge in [-0.15, -0.1) is 0 Å². The van der Waals surface area contributed by atoms with Gasteiger partial charge in [-0.2, -0.15) is 0 Å². The smallest absolute Gasteiger partial charge is 0.139 e. The third-order valence-electron chi connectivity index (χ3n) is 4.30. The Morgan fingerprint density at radius 2 is 2.15 bits per heavy atom. The van der Waals surface area contributed by atoms with Gasteiger partial charge >= 0.3 is 0 Å². The zero-order chi connectivity index (χ0) is 13.9. The molecule has 1 aliphatic carbocycles. The van der Waals surface area contributed by atoms with Crippen LogP contribution in [0.3, 0.4) is 0 Å². The molecule has 1 aliphatic heterocycles. The molecule has 20 heavy (non-hydrogen) atoms. The molecule has 0 saturated carbocycles. The van der Waals surface area contributed by atoms with E-state index >= 15 is 0 Å². The van der Waals surface area contributed by atoms with Crippen LogP contribution >= 0.6 is 15.9 Å². The fraction of sp³-hybridized carbons (Fsp3) is 0.625. The number of hydrogen-bond acceptors (Lipinski definition) is 3. The molecule has 110 valence electrons. The number of nitrogens with one attached hydrogen (secondary N) is 1. The molecule has 1 aromatic carbocycles. The Labute approximate surface area is 129 Å². The molecule has 1 fully saturated rings. The quantitative estimate of drug-likeness (QED) is 0.838. The number of hydrogen-bond donors (Lipinski definition) is 1. The van der Waals surface area contributed by atoms with Gasteiger partial charge in [0.15, 0.2) is 0 Å². The summed E-state index contributed by atoms with van der Waals surface area (Å²) in [7, 11) is 1.75. The minimum absolute atomic E-state index is 0.101. The van der Waals surface area contributed by atoms with Gasteiger partial charge in [0.05, 0.1) is 24.3 Å². The standard InChI is InChI=1S/C16H22BrNO2/c1-19-16-13(14-10-18-7-8-20-14)9-11-5-3-2-4-6-12(11)15(16)17/h9,14,18H,2-8,10H2,1H3. The Morgan fingerprint density at radius 1 is 1.30 bits per heavy atom. The van der Waals surface area contributed by atoms with E-state index in [1.54, 1.807) is 7.11 Å². The van der Waals surface area contributed by atoms with E-state index in [1.165, 1.54) is 42.4 Å². The fourth-order valence-electron chi connectivity index (χ4n) is 3.24. The van der Waals surface area contributed by atoms with E-state index in [4.69, 9.17) is 9.47 Å². The summed E-state index contributed by atoms with van der Waals surface area (Å²) < 4.78 is 12.7. The number of ether oxygens (including phenoxy) is 2. The van der Waals surface area contributed by atoms with E-state index in [9.17, 15) is 0 Å². The molecule has 2 aliphatic rings. The molecule has 1 saturated heterocycles. The first-order valence-electron chi connectivity index (χ1n) is 7.51. The molecule has 0 spiro atoms. The first kappa shape index (κ1) is 14.4. The van der Waals surface area contributed by atoms with Gasteiger partial charge in [0.1, 0.15) is 5.75 Å². The lowest BCUT2D eigenvalue weighted by atomic mass is 9.96. The van der Waals surface area contributed by atoms with Crippen LogP contribution in [0.4, 0.5) is 0 Å².